The van der Waals surface area contributed by atoms with Gasteiger partial charge in [0, 0.05) is 22.7 Å². The quantitative estimate of drug-likeness (QED) is 0.843. The molecule has 1 atom stereocenters. The van der Waals surface area contributed by atoms with Gasteiger partial charge in [-0.3, -0.25) is 9.79 Å². The first kappa shape index (κ1) is 12.4. The Morgan fingerprint density at radius 2 is 2.24 bits per heavy atom. The number of H-pyrrole nitrogens is 1. The number of carboxylic acid groups (broad SMARTS) is 1. The second kappa shape index (κ2) is 4.58. The fraction of sp³-hybridized carbons (Fsp3) is 0.294. The highest BCUT2D eigenvalue weighted by Gasteiger charge is 2.26. The third-order valence-electron chi connectivity index (χ3n) is 4.39. The van der Waals surface area contributed by atoms with Crippen molar-refractivity contribution in [2.75, 3.05) is 6.54 Å². The number of carboxylic acids is 1. The van der Waals surface area contributed by atoms with Crippen LogP contribution in [0.4, 0.5) is 0 Å². The molecule has 0 amide bonds. The molecule has 4 rings (SSSR count). The Bertz CT molecular complexity index is 798. The first-order valence-electron chi connectivity index (χ1n) is 7.31. The number of aromatic amines is 1. The van der Waals surface area contributed by atoms with Gasteiger partial charge in [-0.05, 0) is 48.6 Å². The fourth-order valence-corrected chi connectivity index (χ4v) is 3.32. The molecule has 0 saturated heterocycles. The van der Waals surface area contributed by atoms with E-state index >= 15 is 0 Å². The number of nitrogens with one attached hydrogen (secondary N) is 1. The summed E-state index contributed by atoms with van der Waals surface area (Å²) in [6.07, 6.45) is 6.81. The number of rotatable bonds is 1. The lowest BCUT2D eigenvalue weighted by Crippen LogP contribution is -2.22. The van der Waals surface area contributed by atoms with E-state index < -0.39 is 11.9 Å². The molecule has 0 spiro atoms. The number of aromatic nitrogens is 1. The van der Waals surface area contributed by atoms with Gasteiger partial charge < -0.3 is 10.1 Å². The Hall–Kier alpha value is -2.36. The van der Waals surface area contributed by atoms with E-state index in [9.17, 15) is 9.90 Å². The van der Waals surface area contributed by atoms with E-state index in [-0.39, 0.29) is 0 Å². The molecule has 106 valence electrons. The van der Waals surface area contributed by atoms with Crippen molar-refractivity contribution in [3.63, 3.8) is 0 Å². The van der Waals surface area contributed by atoms with Gasteiger partial charge in [-0.15, -0.1) is 0 Å². The highest BCUT2D eigenvalue weighted by molar-refractivity contribution is 6.16. The highest BCUT2D eigenvalue weighted by Crippen LogP contribution is 2.31. The summed E-state index contributed by atoms with van der Waals surface area (Å²) in [5.41, 5.74) is 5.74. The maximum absolute atomic E-state index is 11.2. The van der Waals surface area contributed by atoms with Gasteiger partial charge in [0.25, 0.3) is 0 Å². The van der Waals surface area contributed by atoms with Crippen LogP contribution in [-0.2, 0) is 11.2 Å². The molecule has 1 aliphatic carbocycles. The summed E-state index contributed by atoms with van der Waals surface area (Å²) < 4.78 is 0. The standard InChI is InChI=1S/C17H16N2O2/c20-17(21)13-6-12-3-1-2-10-8-15-11(4-5-18-15)7-14(10)16(12)19-9-13/h4-8,13,18H,1-3,9H2,(H,20,21). The van der Waals surface area contributed by atoms with Gasteiger partial charge in [-0.25, -0.2) is 0 Å². The van der Waals surface area contributed by atoms with Crippen molar-refractivity contribution < 1.29 is 9.90 Å². The van der Waals surface area contributed by atoms with E-state index in [1.54, 1.807) is 0 Å². The molecule has 0 saturated carbocycles. The summed E-state index contributed by atoms with van der Waals surface area (Å²) in [4.78, 5) is 19.0. The van der Waals surface area contributed by atoms with Crippen LogP contribution < -0.4 is 0 Å². The van der Waals surface area contributed by atoms with Crippen LogP contribution in [0.5, 0.6) is 0 Å². The Kier molecular flexibility index (Phi) is 2.70. The van der Waals surface area contributed by atoms with Gasteiger partial charge in [0.2, 0.25) is 0 Å². The highest BCUT2D eigenvalue weighted by atomic mass is 16.4. The van der Waals surface area contributed by atoms with Crippen molar-refractivity contribution in [2.24, 2.45) is 10.9 Å². The summed E-state index contributed by atoms with van der Waals surface area (Å²) in [6, 6.07) is 6.45. The third-order valence-corrected chi connectivity index (χ3v) is 4.39. The minimum atomic E-state index is -0.782. The second-order valence-corrected chi connectivity index (χ2v) is 5.75. The van der Waals surface area contributed by atoms with Crippen LogP contribution in [0.15, 0.2) is 41.0 Å². The summed E-state index contributed by atoms with van der Waals surface area (Å²) >= 11 is 0. The predicted octanol–water partition coefficient (Wildman–Crippen LogP) is 2.93. The zero-order valence-electron chi connectivity index (χ0n) is 11.6. The maximum Gasteiger partial charge on any atom is 0.312 e. The summed E-state index contributed by atoms with van der Waals surface area (Å²) in [5.74, 6) is -1.25. The number of hydrogen-bond donors (Lipinski definition) is 2. The third kappa shape index (κ3) is 1.98. The first-order valence-corrected chi connectivity index (χ1v) is 7.31. The number of carbonyl (C=O) groups is 1. The van der Waals surface area contributed by atoms with E-state index in [0.29, 0.717) is 6.54 Å². The van der Waals surface area contributed by atoms with Crippen molar-refractivity contribution in [2.45, 2.75) is 19.3 Å². The van der Waals surface area contributed by atoms with Crippen LogP contribution in [0.2, 0.25) is 0 Å². The van der Waals surface area contributed by atoms with Crippen molar-refractivity contribution >= 4 is 22.6 Å². The fourth-order valence-electron chi connectivity index (χ4n) is 3.32. The first-order chi connectivity index (χ1) is 10.2. The van der Waals surface area contributed by atoms with Crippen LogP contribution in [0.25, 0.3) is 10.9 Å². The maximum atomic E-state index is 11.2. The van der Waals surface area contributed by atoms with E-state index in [2.05, 4.69) is 28.2 Å². The van der Waals surface area contributed by atoms with Crippen LogP contribution in [0.1, 0.15) is 24.0 Å². The van der Waals surface area contributed by atoms with Gasteiger partial charge in [0.1, 0.15) is 0 Å². The zero-order chi connectivity index (χ0) is 14.4. The molecule has 1 aliphatic heterocycles. The summed E-state index contributed by atoms with van der Waals surface area (Å²) in [7, 11) is 0. The van der Waals surface area contributed by atoms with E-state index in [4.69, 9.17) is 0 Å². The number of fused-ring (bicyclic) bond motifs is 4. The van der Waals surface area contributed by atoms with Crippen molar-refractivity contribution in [3.05, 3.63) is 47.2 Å². The topological polar surface area (TPSA) is 65.4 Å². The summed E-state index contributed by atoms with van der Waals surface area (Å²) in [6.45, 7) is 0.346. The molecule has 1 aromatic carbocycles. The largest absolute Gasteiger partial charge is 0.481 e. The number of nitrogens with zero attached hydrogens (tertiary/aromatic N) is 1. The van der Waals surface area contributed by atoms with E-state index in [0.717, 1.165) is 36.1 Å². The molecule has 2 aliphatic rings. The Balaban J connectivity index is 1.86. The molecule has 2 N–H and O–H groups in total. The molecule has 1 unspecified atom stereocenters. The van der Waals surface area contributed by atoms with Crippen molar-refractivity contribution in [1.82, 2.24) is 4.98 Å². The Labute approximate surface area is 122 Å². The molecule has 0 fully saturated rings. The van der Waals surface area contributed by atoms with Crippen LogP contribution >= 0.6 is 0 Å². The lowest BCUT2D eigenvalue weighted by Gasteiger charge is -2.18. The number of hydrogen-bond acceptors (Lipinski definition) is 2. The number of benzene rings is 1. The van der Waals surface area contributed by atoms with Crippen molar-refractivity contribution in [3.8, 4) is 0 Å². The number of aliphatic imine (C=N–C) groups is 1. The minimum absolute atomic E-state index is 0.346. The normalized spacial score (nSPS) is 21.0. The average molecular weight is 280 g/mol. The van der Waals surface area contributed by atoms with Gasteiger partial charge >= 0.3 is 5.97 Å². The smallest absolute Gasteiger partial charge is 0.312 e. The van der Waals surface area contributed by atoms with E-state index in [1.165, 1.54) is 16.5 Å². The molecule has 2 aromatic rings. The molecular formula is C17H16N2O2. The molecular weight excluding hydrogens is 264 g/mol. The molecule has 0 radical (unpaired) electrons. The lowest BCUT2D eigenvalue weighted by molar-refractivity contribution is -0.139. The predicted molar refractivity (Wildman–Crippen MR) is 81.8 cm³/mol. The SMILES string of the molecule is O=C(O)C1C=C2CCCc3cc4[nH]ccc4cc3C2=NC1. The number of aliphatic carboxylic acids is 1. The van der Waals surface area contributed by atoms with Gasteiger partial charge in [-0.2, -0.15) is 0 Å². The summed E-state index contributed by atoms with van der Waals surface area (Å²) in [5, 5.41) is 10.4. The molecule has 1 aromatic heterocycles. The number of dihydropyridines is 1. The van der Waals surface area contributed by atoms with Crippen LogP contribution in [0.3, 0.4) is 0 Å². The lowest BCUT2D eigenvalue weighted by atomic mass is 9.92. The van der Waals surface area contributed by atoms with Gasteiger partial charge in [0.15, 0.2) is 0 Å². The average Bonchev–Trinajstić information content (AvgIpc) is 2.85. The number of aryl methyl sites for hydroxylation is 1. The van der Waals surface area contributed by atoms with Gasteiger partial charge in [0.05, 0.1) is 18.2 Å². The van der Waals surface area contributed by atoms with Gasteiger partial charge in [-0.1, -0.05) is 6.08 Å². The zero-order valence-corrected chi connectivity index (χ0v) is 11.6. The molecule has 21 heavy (non-hydrogen) atoms. The molecule has 4 nitrogen and oxygen atoms in total. The molecule has 4 heteroatoms. The molecule has 2 heterocycles. The Morgan fingerprint density at radius 3 is 3.10 bits per heavy atom. The Morgan fingerprint density at radius 1 is 1.33 bits per heavy atom. The number of allylic oxidation sites excluding steroid dienone is 1. The second-order valence-electron chi connectivity index (χ2n) is 5.75. The minimum Gasteiger partial charge on any atom is -0.481 e. The molecule has 0 bridgehead atoms. The van der Waals surface area contributed by atoms with Crippen LogP contribution in [0, 0.1) is 5.92 Å². The van der Waals surface area contributed by atoms with Crippen molar-refractivity contribution in [1.29, 1.82) is 0 Å². The van der Waals surface area contributed by atoms with Crippen LogP contribution in [-0.4, -0.2) is 28.3 Å². The van der Waals surface area contributed by atoms with E-state index in [1.807, 2.05) is 12.3 Å². The monoisotopic (exact) mass is 280 g/mol.